The molecule has 1 aromatic rings. The number of carbonyl (C=O) groups excluding carboxylic acids is 1. The summed E-state index contributed by atoms with van der Waals surface area (Å²) in [5, 5.41) is 13.8. The number of benzene rings is 1. The molecule has 0 radical (unpaired) electrons. The zero-order valence-corrected chi connectivity index (χ0v) is 13.5. The van der Waals surface area contributed by atoms with E-state index >= 15 is 0 Å². The van der Waals surface area contributed by atoms with Gasteiger partial charge in [-0.25, -0.2) is 0 Å². The van der Waals surface area contributed by atoms with Crippen molar-refractivity contribution >= 4 is 39.9 Å². The Hall–Kier alpha value is -1.42. The molecule has 8 heteroatoms. The van der Waals surface area contributed by atoms with Crippen LogP contribution in [0.3, 0.4) is 0 Å². The van der Waals surface area contributed by atoms with Crippen molar-refractivity contribution in [3.63, 3.8) is 0 Å². The number of rotatable bonds is 5. The molecule has 1 amide bonds. The minimum absolute atomic E-state index is 0.0642. The van der Waals surface area contributed by atoms with Gasteiger partial charge in [0.2, 0.25) is 5.91 Å². The van der Waals surface area contributed by atoms with Gasteiger partial charge in [0, 0.05) is 47.4 Å². The van der Waals surface area contributed by atoms with Crippen LogP contribution in [-0.4, -0.2) is 48.6 Å². The average Bonchev–Trinajstić information content (AvgIpc) is 2.49. The number of nitrogens with one attached hydrogen (secondary N) is 1. The molecule has 1 aliphatic heterocycles. The van der Waals surface area contributed by atoms with Crippen LogP contribution in [0.1, 0.15) is 6.42 Å². The standard InChI is InChI=1S/C13H16IN3O4/c14-11-9-10(17(19)20)1-2-12(11)15-4-3-13(18)16-5-7-21-8-6-16/h1-2,9,15H,3-8H2. The Morgan fingerprint density at radius 2 is 2.14 bits per heavy atom. The number of carbonyl (C=O) groups is 1. The van der Waals surface area contributed by atoms with Crippen molar-refractivity contribution in [3.8, 4) is 0 Å². The minimum atomic E-state index is -0.423. The van der Waals surface area contributed by atoms with Gasteiger partial charge in [-0.05, 0) is 28.7 Å². The predicted molar refractivity (Wildman–Crippen MR) is 86.3 cm³/mol. The molecule has 1 aromatic carbocycles. The third-order valence-corrected chi connectivity index (χ3v) is 4.07. The zero-order chi connectivity index (χ0) is 15.2. The van der Waals surface area contributed by atoms with E-state index in [1.54, 1.807) is 11.0 Å². The van der Waals surface area contributed by atoms with Gasteiger partial charge < -0.3 is 15.0 Å². The molecular weight excluding hydrogens is 389 g/mol. The van der Waals surface area contributed by atoms with Crippen molar-refractivity contribution in [2.75, 3.05) is 38.2 Å². The topological polar surface area (TPSA) is 84.7 Å². The molecule has 0 spiro atoms. The van der Waals surface area contributed by atoms with Gasteiger partial charge in [0.05, 0.1) is 18.1 Å². The van der Waals surface area contributed by atoms with Gasteiger partial charge >= 0.3 is 0 Å². The van der Waals surface area contributed by atoms with Crippen LogP contribution >= 0.6 is 22.6 Å². The maximum atomic E-state index is 12.0. The number of hydrogen-bond donors (Lipinski definition) is 1. The van der Waals surface area contributed by atoms with E-state index in [0.717, 1.165) is 9.26 Å². The summed E-state index contributed by atoms with van der Waals surface area (Å²) < 4.78 is 5.97. The van der Waals surface area contributed by atoms with Crippen LogP contribution < -0.4 is 5.32 Å². The number of non-ortho nitro benzene ring substituents is 1. The molecule has 1 heterocycles. The number of ether oxygens (including phenoxy) is 1. The Kier molecular flexibility index (Phi) is 5.74. The number of amides is 1. The van der Waals surface area contributed by atoms with Crippen LogP contribution in [0.15, 0.2) is 18.2 Å². The minimum Gasteiger partial charge on any atom is -0.384 e. The summed E-state index contributed by atoms with van der Waals surface area (Å²) in [5.74, 6) is 0.0997. The molecule has 1 aliphatic rings. The first kappa shape index (κ1) is 16.0. The van der Waals surface area contributed by atoms with Crippen molar-refractivity contribution in [2.24, 2.45) is 0 Å². The normalized spacial score (nSPS) is 14.8. The maximum absolute atomic E-state index is 12.0. The van der Waals surface area contributed by atoms with Crippen LogP contribution in [0.5, 0.6) is 0 Å². The van der Waals surface area contributed by atoms with Crippen LogP contribution in [-0.2, 0) is 9.53 Å². The maximum Gasteiger partial charge on any atom is 0.270 e. The van der Waals surface area contributed by atoms with Gasteiger partial charge in [-0.1, -0.05) is 0 Å². The first-order valence-corrected chi connectivity index (χ1v) is 7.69. The molecule has 1 saturated heterocycles. The fourth-order valence-electron chi connectivity index (χ4n) is 2.04. The molecular formula is C13H16IN3O4. The smallest absolute Gasteiger partial charge is 0.270 e. The first-order valence-electron chi connectivity index (χ1n) is 6.61. The Labute approximate surface area is 135 Å². The van der Waals surface area contributed by atoms with Crippen LogP contribution in [0.25, 0.3) is 0 Å². The second-order valence-corrected chi connectivity index (χ2v) is 5.75. The Balaban J connectivity index is 1.83. The molecule has 21 heavy (non-hydrogen) atoms. The second-order valence-electron chi connectivity index (χ2n) is 4.59. The van der Waals surface area contributed by atoms with E-state index in [2.05, 4.69) is 5.32 Å². The summed E-state index contributed by atoms with van der Waals surface area (Å²) in [7, 11) is 0. The lowest BCUT2D eigenvalue weighted by Gasteiger charge is -2.27. The van der Waals surface area contributed by atoms with Gasteiger partial charge in [-0.2, -0.15) is 0 Å². The molecule has 0 atom stereocenters. The van der Waals surface area contributed by atoms with Gasteiger partial charge in [-0.3, -0.25) is 14.9 Å². The van der Waals surface area contributed by atoms with E-state index in [1.165, 1.54) is 12.1 Å². The summed E-state index contributed by atoms with van der Waals surface area (Å²) in [6, 6.07) is 4.63. The SMILES string of the molecule is O=C(CCNc1ccc([N+](=O)[O-])cc1I)N1CCOCC1. The van der Waals surface area contributed by atoms with Crippen molar-refractivity contribution < 1.29 is 14.5 Å². The Morgan fingerprint density at radius 3 is 2.76 bits per heavy atom. The van der Waals surface area contributed by atoms with Gasteiger partial charge in [0.15, 0.2) is 0 Å². The van der Waals surface area contributed by atoms with Crippen molar-refractivity contribution in [1.82, 2.24) is 4.90 Å². The summed E-state index contributed by atoms with van der Waals surface area (Å²) >= 11 is 2.04. The van der Waals surface area contributed by atoms with E-state index in [4.69, 9.17) is 4.74 Å². The van der Waals surface area contributed by atoms with E-state index in [-0.39, 0.29) is 11.6 Å². The highest BCUT2D eigenvalue weighted by Crippen LogP contribution is 2.23. The predicted octanol–water partition coefficient (Wildman–Crippen LogP) is 1.86. The second kappa shape index (κ2) is 7.55. The third kappa shape index (κ3) is 4.53. The lowest BCUT2D eigenvalue weighted by molar-refractivity contribution is -0.384. The van der Waals surface area contributed by atoms with Crippen molar-refractivity contribution in [2.45, 2.75) is 6.42 Å². The highest BCUT2D eigenvalue weighted by atomic mass is 127. The lowest BCUT2D eigenvalue weighted by Crippen LogP contribution is -2.41. The number of halogens is 1. The van der Waals surface area contributed by atoms with E-state index in [0.29, 0.717) is 39.3 Å². The zero-order valence-electron chi connectivity index (χ0n) is 11.4. The van der Waals surface area contributed by atoms with E-state index in [1.807, 2.05) is 22.6 Å². The van der Waals surface area contributed by atoms with Gasteiger partial charge in [0.1, 0.15) is 0 Å². The molecule has 2 rings (SSSR count). The molecule has 0 aliphatic carbocycles. The fourth-order valence-corrected chi connectivity index (χ4v) is 2.73. The molecule has 0 saturated carbocycles. The monoisotopic (exact) mass is 405 g/mol. The largest absolute Gasteiger partial charge is 0.384 e. The first-order chi connectivity index (χ1) is 10.1. The number of hydrogen-bond acceptors (Lipinski definition) is 5. The summed E-state index contributed by atoms with van der Waals surface area (Å²) in [6.07, 6.45) is 0.396. The van der Waals surface area contributed by atoms with Gasteiger partial charge in [0.25, 0.3) is 5.69 Å². The van der Waals surface area contributed by atoms with E-state index in [9.17, 15) is 14.9 Å². The number of morpholine rings is 1. The quantitative estimate of drug-likeness (QED) is 0.459. The molecule has 0 bridgehead atoms. The Bertz CT molecular complexity index is 532. The molecule has 114 valence electrons. The highest BCUT2D eigenvalue weighted by molar-refractivity contribution is 14.1. The van der Waals surface area contributed by atoms with Crippen LogP contribution in [0, 0.1) is 13.7 Å². The summed E-state index contributed by atoms with van der Waals surface area (Å²) in [4.78, 5) is 24.0. The van der Waals surface area contributed by atoms with E-state index < -0.39 is 4.92 Å². The third-order valence-electron chi connectivity index (χ3n) is 3.18. The van der Waals surface area contributed by atoms with Gasteiger partial charge in [-0.15, -0.1) is 0 Å². The number of anilines is 1. The molecule has 7 nitrogen and oxygen atoms in total. The Morgan fingerprint density at radius 1 is 1.43 bits per heavy atom. The van der Waals surface area contributed by atoms with Crippen LogP contribution in [0.2, 0.25) is 0 Å². The lowest BCUT2D eigenvalue weighted by atomic mass is 10.2. The van der Waals surface area contributed by atoms with Crippen LogP contribution in [0.4, 0.5) is 11.4 Å². The van der Waals surface area contributed by atoms with Crippen molar-refractivity contribution in [3.05, 3.63) is 31.9 Å². The average molecular weight is 405 g/mol. The number of nitro benzene ring substituents is 1. The summed E-state index contributed by atoms with van der Waals surface area (Å²) in [5.41, 5.74) is 0.866. The molecule has 1 fully saturated rings. The fraction of sp³-hybridized carbons (Fsp3) is 0.462. The molecule has 1 N–H and O–H groups in total. The molecule has 0 aromatic heterocycles. The number of nitrogens with zero attached hydrogens (tertiary/aromatic N) is 2. The highest BCUT2D eigenvalue weighted by Gasteiger charge is 2.16. The van der Waals surface area contributed by atoms with Crippen molar-refractivity contribution in [1.29, 1.82) is 0 Å². The molecule has 0 unspecified atom stereocenters. The number of nitro groups is 1. The summed E-state index contributed by atoms with van der Waals surface area (Å²) in [6.45, 7) is 2.99.